The minimum absolute atomic E-state index is 0.279. The maximum atomic E-state index is 8.71. The van der Waals surface area contributed by atoms with E-state index in [0.717, 1.165) is 43.7 Å². The number of hydrogen-bond donors (Lipinski definition) is 2. The average molecular weight is 287 g/mol. The van der Waals surface area contributed by atoms with E-state index in [1.54, 1.807) is 18.5 Å². The number of aromatic nitrogens is 2. The fourth-order valence-corrected chi connectivity index (χ4v) is 1.93. The molecule has 2 rings (SSSR count). The van der Waals surface area contributed by atoms with Crippen LogP contribution < -0.4 is 10.1 Å². The van der Waals surface area contributed by atoms with Crippen LogP contribution in [0.4, 0.5) is 0 Å². The van der Waals surface area contributed by atoms with Crippen molar-refractivity contribution in [3.05, 3.63) is 48.3 Å². The summed E-state index contributed by atoms with van der Waals surface area (Å²) in [5.41, 5.74) is 1.16. The van der Waals surface area contributed by atoms with Crippen molar-refractivity contribution in [2.24, 2.45) is 0 Å². The van der Waals surface area contributed by atoms with Crippen LogP contribution in [-0.4, -0.2) is 28.2 Å². The van der Waals surface area contributed by atoms with Gasteiger partial charge in [-0.3, -0.25) is 0 Å². The Morgan fingerprint density at radius 1 is 1.05 bits per heavy atom. The first-order valence-corrected chi connectivity index (χ1v) is 7.24. The van der Waals surface area contributed by atoms with Crippen molar-refractivity contribution in [2.75, 3.05) is 13.2 Å². The molecule has 0 unspecified atom stereocenters. The molecule has 2 aromatic rings. The van der Waals surface area contributed by atoms with Gasteiger partial charge in [-0.25, -0.2) is 9.97 Å². The zero-order chi connectivity index (χ0) is 14.8. The molecule has 2 N–H and O–H groups in total. The molecule has 1 heterocycles. The van der Waals surface area contributed by atoms with Crippen LogP contribution >= 0.6 is 0 Å². The van der Waals surface area contributed by atoms with E-state index in [0.29, 0.717) is 6.01 Å². The van der Waals surface area contributed by atoms with Crippen LogP contribution in [0.3, 0.4) is 0 Å². The predicted octanol–water partition coefficient (Wildman–Crippen LogP) is 2.52. The fourth-order valence-electron chi connectivity index (χ4n) is 1.93. The summed E-state index contributed by atoms with van der Waals surface area (Å²) in [4.78, 5) is 8.08. The van der Waals surface area contributed by atoms with E-state index in [1.807, 2.05) is 18.2 Å². The highest BCUT2D eigenvalue weighted by Gasteiger charge is 2.00. The highest BCUT2D eigenvalue weighted by Crippen LogP contribution is 2.18. The van der Waals surface area contributed by atoms with E-state index in [1.165, 1.54) is 0 Å². The Morgan fingerprint density at radius 2 is 1.90 bits per heavy atom. The van der Waals surface area contributed by atoms with Gasteiger partial charge in [-0.2, -0.15) is 0 Å². The molecule has 0 aliphatic rings. The Kier molecular flexibility index (Phi) is 6.64. The molecule has 1 aromatic carbocycles. The number of unbranched alkanes of at least 4 members (excludes halogenated alkanes) is 2. The SMILES string of the molecule is OCCCCCNCc1cccc(Oc2ncccn2)c1. The van der Waals surface area contributed by atoms with E-state index in [4.69, 9.17) is 9.84 Å². The topological polar surface area (TPSA) is 67.3 Å². The summed E-state index contributed by atoms with van der Waals surface area (Å²) in [5, 5.41) is 12.1. The second-order valence-electron chi connectivity index (χ2n) is 4.74. The number of aliphatic hydroxyl groups is 1. The van der Waals surface area contributed by atoms with E-state index in [2.05, 4.69) is 21.4 Å². The highest BCUT2D eigenvalue weighted by atomic mass is 16.5. The maximum absolute atomic E-state index is 8.71. The first kappa shape index (κ1) is 15.4. The highest BCUT2D eigenvalue weighted by molar-refractivity contribution is 5.30. The lowest BCUT2D eigenvalue weighted by molar-refractivity contribution is 0.283. The molecule has 5 heteroatoms. The smallest absolute Gasteiger partial charge is 0.321 e. The van der Waals surface area contributed by atoms with Gasteiger partial charge in [0.25, 0.3) is 0 Å². The third-order valence-corrected chi connectivity index (χ3v) is 2.99. The normalized spacial score (nSPS) is 10.5. The summed E-state index contributed by atoms with van der Waals surface area (Å²) in [6.07, 6.45) is 6.31. The lowest BCUT2D eigenvalue weighted by atomic mass is 10.2. The molecule has 21 heavy (non-hydrogen) atoms. The molecule has 112 valence electrons. The minimum Gasteiger partial charge on any atom is -0.424 e. The van der Waals surface area contributed by atoms with Crippen LogP contribution in [0.15, 0.2) is 42.7 Å². The Morgan fingerprint density at radius 3 is 2.71 bits per heavy atom. The zero-order valence-electron chi connectivity index (χ0n) is 12.0. The van der Waals surface area contributed by atoms with E-state index < -0.39 is 0 Å². The molecule has 0 fully saturated rings. The third kappa shape index (κ3) is 5.89. The van der Waals surface area contributed by atoms with Gasteiger partial charge in [0.05, 0.1) is 0 Å². The number of rotatable bonds is 9. The monoisotopic (exact) mass is 287 g/mol. The Labute approximate surface area is 125 Å². The molecule has 0 aliphatic heterocycles. The number of benzene rings is 1. The Bertz CT molecular complexity index is 520. The minimum atomic E-state index is 0.279. The lowest BCUT2D eigenvalue weighted by Gasteiger charge is -2.07. The van der Waals surface area contributed by atoms with Crippen LogP contribution in [0.5, 0.6) is 11.8 Å². The molecule has 0 radical (unpaired) electrons. The second kappa shape index (κ2) is 9.05. The van der Waals surface area contributed by atoms with E-state index in [9.17, 15) is 0 Å². The molecule has 0 amide bonds. The van der Waals surface area contributed by atoms with Crippen molar-refractivity contribution in [1.29, 1.82) is 0 Å². The summed E-state index contributed by atoms with van der Waals surface area (Å²) < 4.78 is 5.60. The quantitative estimate of drug-likeness (QED) is 0.694. The summed E-state index contributed by atoms with van der Waals surface area (Å²) in [6, 6.07) is 9.99. The molecular weight excluding hydrogens is 266 g/mol. The first-order chi connectivity index (χ1) is 10.4. The van der Waals surface area contributed by atoms with Gasteiger partial charge < -0.3 is 15.2 Å². The Balaban J connectivity index is 1.78. The molecule has 0 saturated carbocycles. The van der Waals surface area contributed by atoms with Crippen molar-refractivity contribution >= 4 is 0 Å². The Hall–Kier alpha value is -1.98. The van der Waals surface area contributed by atoms with E-state index in [-0.39, 0.29) is 6.61 Å². The number of ether oxygens (including phenoxy) is 1. The maximum Gasteiger partial charge on any atom is 0.321 e. The fraction of sp³-hybridized carbons (Fsp3) is 0.375. The molecule has 0 bridgehead atoms. The molecule has 0 saturated heterocycles. The summed E-state index contributed by atoms with van der Waals surface area (Å²) in [7, 11) is 0. The lowest BCUT2D eigenvalue weighted by Crippen LogP contribution is -2.14. The summed E-state index contributed by atoms with van der Waals surface area (Å²) in [5.74, 6) is 0.737. The molecule has 0 aliphatic carbocycles. The van der Waals surface area contributed by atoms with Crippen LogP contribution in [-0.2, 0) is 6.54 Å². The van der Waals surface area contributed by atoms with Gasteiger partial charge in [0.1, 0.15) is 5.75 Å². The van der Waals surface area contributed by atoms with Gasteiger partial charge in [0.2, 0.25) is 0 Å². The van der Waals surface area contributed by atoms with E-state index >= 15 is 0 Å². The number of nitrogens with zero attached hydrogens (tertiary/aromatic N) is 2. The van der Waals surface area contributed by atoms with Gasteiger partial charge >= 0.3 is 6.01 Å². The van der Waals surface area contributed by atoms with Crippen molar-refractivity contribution in [3.8, 4) is 11.8 Å². The molecule has 0 spiro atoms. The van der Waals surface area contributed by atoms with Gasteiger partial charge in [-0.15, -0.1) is 0 Å². The molecule has 1 aromatic heterocycles. The van der Waals surface area contributed by atoms with Gasteiger partial charge in [-0.05, 0) is 49.6 Å². The largest absolute Gasteiger partial charge is 0.424 e. The zero-order valence-corrected chi connectivity index (χ0v) is 12.0. The van der Waals surface area contributed by atoms with Crippen molar-refractivity contribution in [2.45, 2.75) is 25.8 Å². The van der Waals surface area contributed by atoms with Crippen LogP contribution in [0.1, 0.15) is 24.8 Å². The van der Waals surface area contributed by atoms with Crippen molar-refractivity contribution in [1.82, 2.24) is 15.3 Å². The number of nitrogens with one attached hydrogen (secondary N) is 1. The molecule has 0 atom stereocenters. The predicted molar refractivity (Wildman–Crippen MR) is 81.2 cm³/mol. The van der Waals surface area contributed by atoms with Gasteiger partial charge in [-0.1, -0.05) is 12.1 Å². The van der Waals surface area contributed by atoms with Crippen molar-refractivity contribution < 1.29 is 9.84 Å². The van der Waals surface area contributed by atoms with Crippen molar-refractivity contribution in [3.63, 3.8) is 0 Å². The number of hydrogen-bond acceptors (Lipinski definition) is 5. The number of aliphatic hydroxyl groups excluding tert-OH is 1. The summed E-state index contributed by atoms with van der Waals surface area (Å²) >= 11 is 0. The van der Waals surface area contributed by atoms with Gasteiger partial charge in [0.15, 0.2) is 0 Å². The molecular formula is C16H21N3O2. The first-order valence-electron chi connectivity index (χ1n) is 7.24. The average Bonchev–Trinajstić information content (AvgIpc) is 2.52. The standard InChI is InChI=1S/C16H21N3O2/c20-11-3-1-2-8-17-13-14-6-4-7-15(12-14)21-16-18-9-5-10-19-16/h4-7,9-10,12,17,20H,1-3,8,11,13H2. The van der Waals surface area contributed by atoms with Crippen LogP contribution in [0.25, 0.3) is 0 Å². The van der Waals surface area contributed by atoms with Crippen LogP contribution in [0.2, 0.25) is 0 Å². The van der Waals surface area contributed by atoms with Crippen LogP contribution in [0, 0.1) is 0 Å². The second-order valence-corrected chi connectivity index (χ2v) is 4.74. The third-order valence-electron chi connectivity index (χ3n) is 2.99. The molecule has 5 nitrogen and oxygen atoms in total. The van der Waals surface area contributed by atoms with Gasteiger partial charge in [0, 0.05) is 25.5 Å². The summed E-state index contributed by atoms with van der Waals surface area (Å²) in [6.45, 7) is 2.03.